The fraction of sp³-hybridized carbons (Fsp3) is 0.818. The topological polar surface area (TPSA) is 54.4 Å². The van der Waals surface area contributed by atoms with Gasteiger partial charge in [0.05, 0.1) is 0 Å². The molecule has 0 aromatic rings. The summed E-state index contributed by atoms with van der Waals surface area (Å²) in [5.41, 5.74) is -0.964. The Morgan fingerprint density at radius 3 is 2.29 bits per heavy atom. The minimum atomic E-state index is -0.964. The van der Waals surface area contributed by atoms with E-state index in [9.17, 15) is 14.7 Å². The number of carbonyl (C=O) groups is 2. The molecule has 76 valence electrons. The molecule has 4 fully saturated rings. The first-order valence-corrected chi connectivity index (χ1v) is 5.39. The molecule has 3 heteroatoms. The van der Waals surface area contributed by atoms with Crippen LogP contribution in [0.5, 0.6) is 0 Å². The maximum atomic E-state index is 12.0. The number of carbonyl (C=O) groups excluding carboxylic acids is 1. The Labute approximate surface area is 82.5 Å². The second-order valence-corrected chi connectivity index (χ2v) is 5.30. The molecule has 4 rings (SSSR count). The van der Waals surface area contributed by atoms with Crippen LogP contribution >= 0.6 is 0 Å². The Kier molecular flexibility index (Phi) is 1.44. The van der Waals surface area contributed by atoms with Gasteiger partial charge in [-0.15, -0.1) is 0 Å². The maximum absolute atomic E-state index is 12.0. The van der Waals surface area contributed by atoms with Crippen molar-refractivity contribution in [1.82, 2.24) is 0 Å². The molecule has 0 radical (unpaired) electrons. The van der Waals surface area contributed by atoms with Gasteiger partial charge in [0, 0.05) is 5.92 Å². The lowest BCUT2D eigenvalue weighted by Crippen LogP contribution is -2.56. The van der Waals surface area contributed by atoms with Crippen molar-refractivity contribution in [2.24, 2.45) is 23.2 Å². The average Bonchev–Trinajstić information content (AvgIpc) is 2.12. The van der Waals surface area contributed by atoms with Crippen molar-refractivity contribution in [1.29, 1.82) is 0 Å². The Hall–Kier alpha value is -0.860. The lowest BCUT2D eigenvalue weighted by molar-refractivity contribution is -0.172. The highest BCUT2D eigenvalue weighted by molar-refractivity contribution is 6.05. The van der Waals surface area contributed by atoms with Gasteiger partial charge in [0.1, 0.15) is 5.41 Å². The molecule has 0 heterocycles. The van der Waals surface area contributed by atoms with Crippen molar-refractivity contribution in [3.63, 3.8) is 0 Å². The number of aliphatic carboxylic acids is 1. The third-order valence-electron chi connectivity index (χ3n) is 4.43. The van der Waals surface area contributed by atoms with Crippen LogP contribution in [0.3, 0.4) is 0 Å². The summed E-state index contributed by atoms with van der Waals surface area (Å²) in [5.74, 6) is 0.291. The monoisotopic (exact) mass is 194 g/mol. The van der Waals surface area contributed by atoms with Crippen LogP contribution in [-0.2, 0) is 9.59 Å². The zero-order valence-electron chi connectivity index (χ0n) is 8.03. The van der Waals surface area contributed by atoms with E-state index >= 15 is 0 Å². The van der Waals surface area contributed by atoms with Crippen LogP contribution in [0.15, 0.2) is 0 Å². The van der Waals surface area contributed by atoms with Crippen LogP contribution in [0.1, 0.15) is 32.1 Å². The van der Waals surface area contributed by atoms with E-state index in [0.717, 1.165) is 12.8 Å². The van der Waals surface area contributed by atoms with E-state index in [-0.39, 0.29) is 11.7 Å². The molecule has 4 atom stereocenters. The standard InChI is InChI=1S/C11H14O3/c12-9-8-2-6-1-7(3-8)5-11(9,4-6)10(13)14/h6-8H,1-5H2,(H,13,14)/t6-,7+,8?,11?. The Balaban J connectivity index is 2.05. The van der Waals surface area contributed by atoms with Crippen LogP contribution in [0.2, 0.25) is 0 Å². The number of carboxylic acids is 1. The molecular weight excluding hydrogens is 180 g/mol. The predicted molar refractivity (Wildman–Crippen MR) is 48.6 cm³/mol. The number of hydrogen-bond acceptors (Lipinski definition) is 2. The highest BCUT2D eigenvalue weighted by atomic mass is 16.4. The van der Waals surface area contributed by atoms with Gasteiger partial charge in [-0.25, -0.2) is 0 Å². The van der Waals surface area contributed by atoms with Crippen LogP contribution in [0, 0.1) is 23.2 Å². The van der Waals surface area contributed by atoms with Crippen molar-refractivity contribution in [3.05, 3.63) is 0 Å². The van der Waals surface area contributed by atoms with E-state index in [4.69, 9.17) is 0 Å². The third kappa shape index (κ3) is 0.830. The van der Waals surface area contributed by atoms with Crippen LogP contribution in [0.4, 0.5) is 0 Å². The maximum Gasteiger partial charge on any atom is 0.317 e. The van der Waals surface area contributed by atoms with Gasteiger partial charge in [-0.05, 0) is 43.9 Å². The van der Waals surface area contributed by atoms with Gasteiger partial charge >= 0.3 is 5.97 Å². The number of carboxylic acid groups (broad SMARTS) is 1. The van der Waals surface area contributed by atoms with Crippen molar-refractivity contribution < 1.29 is 14.7 Å². The molecular formula is C11H14O3. The average molecular weight is 194 g/mol. The molecule has 4 bridgehead atoms. The fourth-order valence-corrected chi connectivity index (χ4v) is 4.05. The minimum Gasteiger partial charge on any atom is -0.480 e. The van der Waals surface area contributed by atoms with Gasteiger partial charge < -0.3 is 5.11 Å². The SMILES string of the molecule is O=C(O)C12C[C@@H]3CC(C[C@@H](C3)C1)C2=O. The summed E-state index contributed by atoms with van der Waals surface area (Å²) in [6.45, 7) is 0. The first kappa shape index (κ1) is 8.45. The van der Waals surface area contributed by atoms with Crippen molar-refractivity contribution in [2.45, 2.75) is 32.1 Å². The lowest BCUT2D eigenvalue weighted by atomic mass is 9.49. The van der Waals surface area contributed by atoms with Gasteiger partial charge in [0.2, 0.25) is 0 Å². The highest BCUT2D eigenvalue weighted by Gasteiger charge is 2.60. The smallest absolute Gasteiger partial charge is 0.317 e. The van der Waals surface area contributed by atoms with E-state index in [1.165, 1.54) is 6.42 Å². The van der Waals surface area contributed by atoms with E-state index in [1.807, 2.05) is 0 Å². The quantitative estimate of drug-likeness (QED) is 0.643. The summed E-state index contributed by atoms with van der Waals surface area (Å²) in [4.78, 5) is 23.2. The summed E-state index contributed by atoms with van der Waals surface area (Å²) in [5, 5.41) is 9.23. The molecule has 0 saturated heterocycles. The van der Waals surface area contributed by atoms with Gasteiger partial charge in [-0.3, -0.25) is 9.59 Å². The molecule has 4 aliphatic carbocycles. The Morgan fingerprint density at radius 1 is 1.21 bits per heavy atom. The number of Topliss-reactive ketones (excluding diaryl/α,β-unsaturated/α-hetero) is 1. The second kappa shape index (κ2) is 2.38. The lowest BCUT2D eigenvalue weighted by Gasteiger charge is -2.53. The molecule has 3 nitrogen and oxygen atoms in total. The number of ketones is 1. The zero-order valence-corrected chi connectivity index (χ0v) is 8.03. The van der Waals surface area contributed by atoms with E-state index in [1.54, 1.807) is 0 Å². The first-order valence-electron chi connectivity index (χ1n) is 5.39. The Morgan fingerprint density at radius 2 is 1.79 bits per heavy atom. The molecule has 4 aliphatic rings. The summed E-state index contributed by atoms with van der Waals surface area (Å²) in [6.07, 6.45) is 4.33. The summed E-state index contributed by atoms with van der Waals surface area (Å²) in [7, 11) is 0. The van der Waals surface area contributed by atoms with Crippen molar-refractivity contribution in [2.75, 3.05) is 0 Å². The van der Waals surface area contributed by atoms with Crippen LogP contribution in [0.25, 0.3) is 0 Å². The molecule has 0 amide bonds. The predicted octanol–water partition coefficient (Wildman–Crippen LogP) is 1.47. The first-order chi connectivity index (χ1) is 6.62. The Bertz CT molecular complexity index is 306. The van der Waals surface area contributed by atoms with Gasteiger partial charge in [0.15, 0.2) is 5.78 Å². The van der Waals surface area contributed by atoms with Gasteiger partial charge in [-0.2, -0.15) is 0 Å². The van der Waals surface area contributed by atoms with E-state index < -0.39 is 11.4 Å². The zero-order chi connectivity index (χ0) is 9.92. The van der Waals surface area contributed by atoms with Crippen molar-refractivity contribution >= 4 is 11.8 Å². The summed E-state index contributed by atoms with van der Waals surface area (Å²) in [6, 6.07) is 0. The molecule has 0 aromatic heterocycles. The van der Waals surface area contributed by atoms with Gasteiger partial charge in [-0.1, -0.05) is 0 Å². The normalized spacial score (nSPS) is 49.7. The molecule has 2 unspecified atom stereocenters. The van der Waals surface area contributed by atoms with E-state index in [0.29, 0.717) is 24.7 Å². The molecule has 1 N–H and O–H groups in total. The highest BCUT2D eigenvalue weighted by Crippen LogP contribution is 2.58. The third-order valence-corrected chi connectivity index (χ3v) is 4.43. The largest absolute Gasteiger partial charge is 0.480 e. The summed E-state index contributed by atoms with van der Waals surface area (Å²) >= 11 is 0. The molecule has 14 heavy (non-hydrogen) atoms. The minimum absolute atomic E-state index is 0.0391. The van der Waals surface area contributed by atoms with Crippen LogP contribution < -0.4 is 0 Å². The summed E-state index contributed by atoms with van der Waals surface area (Å²) < 4.78 is 0. The van der Waals surface area contributed by atoms with E-state index in [2.05, 4.69) is 0 Å². The fourth-order valence-electron chi connectivity index (χ4n) is 4.05. The molecule has 0 aromatic carbocycles. The second-order valence-electron chi connectivity index (χ2n) is 5.30. The molecule has 0 aliphatic heterocycles. The van der Waals surface area contributed by atoms with Crippen molar-refractivity contribution in [3.8, 4) is 0 Å². The molecule has 0 spiro atoms. The number of hydrogen-bond donors (Lipinski definition) is 1. The number of rotatable bonds is 1. The van der Waals surface area contributed by atoms with Crippen LogP contribution in [-0.4, -0.2) is 16.9 Å². The van der Waals surface area contributed by atoms with Gasteiger partial charge in [0.25, 0.3) is 0 Å². The molecule has 4 saturated carbocycles.